The van der Waals surface area contributed by atoms with Crippen molar-refractivity contribution in [2.75, 3.05) is 25.4 Å². The van der Waals surface area contributed by atoms with Crippen LogP contribution >= 0.6 is 0 Å². The van der Waals surface area contributed by atoms with Crippen LogP contribution in [-0.2, 0) is 27.4 Å². The fraction of sp³-hybridized carbons (Fsp3) is 0.349. The summed E-state index contributed by atoms with van der Waals surface area (Å²) in [5.41, 5.74) is 3.15. The SMILES string of the molecule is CCCS(=O)(=O)NC(=O)c1ccc2c(Oc3ccc(CCN(Cc4ccccc4)C[C@@H](COc4ccccc4)O[Si](C)(C)C(C)(C)C)cc3)ccnc2c1. The van der Waals surface area contributed by atoms with Crippen LogP contribution in [0.15, 0.2) is 115 Å². The fourth-order valence-corrected chi connectivity index (χ4v) is 8.17. The number of nitrogens with zero attached hydrogens (tertiary/aromatic N) is 2. The summed E-state index contributed by atoms with van der Waals surface area (Å²) in [6.07, 6.45) is 2.74. The van der Waals surface area contributed by atoms with E-state index in [0.29, 0.717) is 35.4 Å². The van der Waals surface area contributed by atoms with Crippen molar-refractivity contribution in [3.05, 3.63) is 132 Å². The smallest absolute Gasteiger partial charge is 0.264 e. The van der Waals surface area contributed by atoms with Crippen LogP contribution in [-0.4, -0.2) is 64.1 Å². The molecule has 1 aromatic heterocycles. The molecule has 5 rings (SSSR count). The Morgan fingerprint density at radius 1 is 0.870 bits per heavy atom. The Bertz CT molecular complexity index is 2070. The topological polar surface area (TPSA) is 107 Å². The van der Waals surface area contributed by atoms with Crippen LogP contribution in [0, 0.1) is 0 Å². The van der Waals surface area contributed by atoms with Crippen LogP contribution in [0.1, 0.15) is 55.6 Å². The molecule has 0 saturated heterocycles. The highest BCUT2D eigenvalue weighted by atomic mass is 32.2. The summed E-state index contributed by atoms with van der Waals surface area (Å²) >= 11 is 0. The molecule has 0 unspecified atom stereocenters. The number of carbonyl (C=O) groups excluding carboxylic acids is 1. The van der Waals surface area contributed by atoms with Crippen molar-refractivity contribution in [2.45, 2.75) is 71.3 Å². The molecule has 0 aliphatic rings. The second-order valence-corrected chi connectivity index (χ2v) is 21.7. The van der Waals surface area contributed by atoms with E-state index in [-0.39, 0.29) is 22.5 Å². The number of carbonyl (C=O) groups is 1. The molecule has 9 nitrogen and oxygen atoms in total. The molecule has 5 aromatic rings. The maximum atomic E-state index is 12.6. The number of fused-ring (bicyclic) bond motifs is 1. The average molecular weight is 768 g/mol. The number of hydrogen-bond donors (Lipinski definition) is 1. The molecule has 11 heteroatoms. The highest BCUT2D eigenvalue weighted by Gasteiger charge is 2.39. The van der Waals surface area contributed by atoms with Crippen molar-refractivity contribution in [1.29, 1.82) is 0 Å². The zero-order valence-corrected chi connectivity index (χ0v) is 34.1. The second-order valence-electron chi connectivity index (χ2n) is 15.1. The molecule has 4 aromatic carbocycles. The van der Waals surface area contributed by atoms with Crippen LogP contribution in [0.4, 0.5) is 0 Å². The van der Waals surface area contributed by atoms with Crippen molar-refractivity contribution in [3.8, 4) is 17.2 Å². The van der Waals surface area contributed by atoms with Gasteiger partial charge in [0.1, 0.15) is 23.9 Å². The van der Waals surface area contributed by atoms with Gasteiger partial charge in [0, 0.05) is 36.8 Å². The van der Waals surface area contributed by atoms with Crippen LogP contribution in [0.2, 0.25) is 18.1 Å². The van der Waals surface area contributed by atoms with Gasteiger partial charge in [-0.15, -0.1) is 0 Å². The van der Waals surface area contributed by atoms with Gasteiger partial charge < -0.3 is 13.9 Å². The maximum Gasteiger partial charge on any atom is 0.264 e. The van der Waals surface area contributed by atoms with E-state index in [2.05, 4.69) is 84.9 Å². The monoisotopic (exact) mass is 767 g/mol. The van der Waals surface area contributed by atoms with Crippen molar-refractivity contribution < 1.29 is 27.1 Å². The normalized spacial score (nSPS) is 12.8. The van der Waals surface area contributed by atoms with Gasteiger partial charge in [0.05, 0.1) is 17.4 Å². The summed E-state index contributed by atoms with van der Waals surface area (Å²) in [7, 11) is -5.79. The summed E-state index contributed by atoms with van der Waals surface area (Å²) in [5.74, 6) is 1.28. The number of amides is 1. The van der Waals surface area contributed by atoms with Crippen LogP contribution < -0.4 is 14.2 Å². The molecule has 54 heavy (non-hydrogen) atoms. The molecule has 0 saturated carbocycles. The number of rotatable bonds is 18. The lowest BCUT2D eigenvalue weighted by atomic mass is 10.1. The van der Waals surface area contributed by atoms with Crippen molar-refractivity contribution in [2.24, 2.45) is 0 Å². The number of aromatic nitrogens is 1. The van der Waals surface area contributed by atoms with Gasteiger partial charge in [-0.25, -0.2) is 13.1 Å². The summed E-state index contributed by atoms with van der Waals surface area (Å²) in [6, 6.07) is 35.2. The Morgan fingerprint density at radius 2 is 1.56 bits per heavy atom. The van der Waals surface area contributed by atoms with Crippen LogP contribution in [0.5, 0.6) is 17.2 Å². The minimum atomic E-state index is -3.69. The zero-order chi connectivity index (χ0) is 38.8. The Kier molecular flexibility index (Phi) is 13.7. The summed E-state index contributed by atoms with van der Waals surface area (Å²) in [5, 5.41) is 0.768. The van der Waals surface area contributed by atoms with Crippen LogP contribution in [0.25, 0.3) is 10.9 Å². The largest absolute Gasteiger partial charge is 0.491 e. The van der Waals surface area contributed by atoms with Gasteiger partial charge in [-0.2, -0.15) is 0 Å². The first-order chi connectivity index (χ1) is 25.7. The first-order valence-corrected chi connectivity index (χ1v) is 23.1. The van der Waals surface area contributed by atoms with Gasteiger partial charge in [0.25, 0.3) is 5.91 Å². The predicted octanol–water partition coefficient (Wildman–Crippen LogP) is 9.01. The van der Waals surface area contributed by atoms with Gasteiger partial charge in [0.2, 0.25) is 10.0 Å². The molecule has 1 heterocycles. The molecular weight excluding hydrogens is 715 g/mol. The lowest BCUT2D eigenvalue weighted by Crippen LogP contribution is -2.49. The highest BCUT2D eigenvalue weighted by Crippen LogP contribution is 2.37. The number of pyridine rings is 1. The van der Waals surface area contributed by atoms with E-state index in [4.69, 9.17) is 13.9 Å². The number of sulfonamides is 1. The summed E-state index contributed by atoms with van der Waals surface area (Å²) in [4.78, 5) is 19.5. The quantitative estimate of drug-likeness (QED) is 0.0881. The van der Waals surface area contributed by atoms with Crippen molar-refractivity contribution >= 4 is 35.2 Å². The summed E-state index contributed by atoms with van der Waals surface area (Å²) < 4.78 is 45.9. The Labute approximate surface area is 321 Å². The lowest BCUT2D eigenvalue weighted by Gasteiger charge is -2.40. The van der Waals surface area contributed by atoms with Crippen molar-refractivity contribution in [3.63, 3.8) is 0 Å². The minimum absolute atomic E-state index is 0.0629. The molecule has 0 radical (unpaired) electrons. The Morgan fingerprint density at radius 3 is 2.22 bits per heavy atom. The van der Waals surface area contributed by atoms with Gasteiger partial charge in [0.15, 0.2) is 8.32 Å². The molecule has 286 valence electrons. The minimum Gasteiger partial charge on any atom is -0.491 e. The second kappa shape index (κ2) is 18.2. The number of hydrogen-bond acceptors (Lipinski definition) is 8. The third kappa shape index (κ3) is 11.7. The molecule has 0 aliphatic carbocycles. The molecular formula is C43H53N3O6SSi. The van der Waals surface area contributed by atoms with E-state index < -0.39 is 24.2 Å². The molecule has 0 aliphatic heterocycles. The van der Waals surface area contributed by atoms with Crippen molar-refractivity contribution in [1.82, 2.24) is 14.6 Å². The van der Waals surface area contributed by atoms with Crippen LogP contribution in [0.3, 0.4) is 0 Å². The zero-order valence-electron chi connectivity index (χ0n) is 32.2. The molecule has 1 amide bonds. The number of nitrogens with one attached hydrogen (secondary N) is 1. The molecule has 1 N–H and O–H groups in total. The highest BCUT2D eigenvalue weighted by molar-refractivity contribution is 7.90. The van der Waals surface area contributed by atoms with E-state index in [1.807, 2.05) is 48.5 Å². The molecule has 1 atom stereocenters. The average Bonchev–Trinajstić information content (AvgIpc) is 3.13. The van der Waals surface area contributed by atoms with Gasteiger partial charge in [-0.05, 0) is 90.6 Å². The Hall–Kier alpha value is -4.55. The van der Waals surface area contributed by atoms with Gasteiger partial charge in [-0.3, -0.25) is 14.7 Å². The van der Waals surface area contributed by atoms with E-state index in [1.54, 1.807) is 37.4 Å². The Balaban J connectivity index is 1.28. The third-order valence-electron chi connectivity index (χ3n) is 9.71. The van der Waals surface area contributed by atoms with Gasteiger partial charge >= 0.3 is 0 Å². The van der Waals surface area contributed by atoms with E-state index >= 15 is 0 Å². The predicted molar refractivity (Wildman–Crippen MR) is 219 cm³/mol. The number of para-hydroxylation sites is 1. The van der Waals surface area contributed by atoms with E-state index in [0.717, 1.165) is 31.8 Å². The standard InChI is InChI=1S/C43H53N3O6SSi/c1-7-28-53(48,49)45-42(47)35-20-23-39-40(29-35)44-26-24-41(39)51-37-21-18-33(19-22-37)25-27-46(30-34-14-10-8-11-15-34)31-38(52-54(5,6)43(2,3)4)32-50-36-16-12-9-13-17-36/h8-24,26,29,38H,7,25,27-28,30-32H2,1-6H3,(H,45,47)/t38-/m0/s1. The number of ether oxygens (including phenoxy) is 2. The molecule has 0 fully saturated rings. The molecule has 0 spiro atoms. The fourth-order valence-electron chi connectivity index (χ4n) is 5.80. The van der Waals surface area contributed by atoms with Gasteiger partial charge in [-0.1, -0.05) is 88.4 Å². The first-order valence-electron chi connectivity index (χ1n) is 18.5. The summed E-state index contributed by atoms with van der Waals surface area (Å²) in [6.45, 7) is 15.9. The van der Waals surface area contributed by atoms with E-state index in [1.165, 1.54) is 11.1 Å². The number of benzene rings is 4. The third-order valence-corrected chi connectivity index (χ3v) is 15.7. The maximum absolute atomic E-state index is 12.6. The lowest BCUT2D eigenvalue weighted by molar-refractivity contribution is 0.0733. The van der Waals surface area contributed by atoms with E-state index in [9.17, 15) is 13.2 Å². The first kappa shape index (κ1) is 40.6. The molecule has 0 bridgehead atoms.